The molecule has 8 rings (SSSR count). The summed E-state index contributed by atoms with van der Waals surface area (Å²) >= 11 is 0. The van der Waals surface area contributed by atoms with Crippen molar-refractivity contribution in [1.82, 2.24) is 25.1 Å². The average Bonchev–Trinajstić information content (AvgIpc) is 3.63. The number of nitrogens with one attached hydrogen (secondary N) is 2. The average molecular weight is 837 g/mol. The molecule has 4 aliphatic carbocycles. The smallest absolute Gasteiger partial charge is 0.257 e. The third kappa shape index (κ3) is 11.9. The zero-order valence-corrected chi connectivity index (χ0v) is 37.4. The predicted octanol–water partition coefficient (Wildman–Crippen LogP) is 8.33. The number of anilines is 1. The summed E-state index contributed by atoms with van der Waals surface area (Å²) in [6, 6.07) is 11.0. The van der Waals surface area contributed by atoms with Gasteiger partial charge in [-0.25, -0.2) is 15.0 Å². The SMILES string of the molecule is CN1C(=O)[C@@](CCC2CCCCC2)(C[C@H]2CCCC(Nc3ccccn3)C2)N=C1N.CN1C(=O)[C@@](CCC2CCCCC2)(C[C@H]2CCC[C@@H](NCc3cccnc3)C2)N=C1N. The molecule has 6 aliphatic rings. The lowest BCUT2D eigenvalue weighted by Gasteiger charge is -2.35. The Bertz CT molecular complexity index is 1760. The largest absolute Gasteiger partial charge is 0.369 e. The minimum atomic E-state index is -0.645. The number of rotatable bonds is 15. The van der Waals surface area contributed by atoms with Crippen molar-refractivity contribution in [1.29, 1.82) is 0 Å². The van der Waals surface area contributed by atoms with Gasteiger partial charge in [0.05, 0.1) is 0 Å². The molecule has 0 spiro atoms. The summed E-state index contributed by atoms with van der Waals surface area (Å²) in [6.45, 7) is 0.852. The minimum absolute atomic E-state index is 0.107. The van der Waals surface area contributed by atoms with E-state index in [0.717, 1.165) is 88.4 Å². The van der Waals surface area contributed by atoms with E-state index < -0.39 is 11.1 Å². The molecule has 0 bridgehead atoms. The predicted molar refractivity (Wildman–Crippen MR) is 246 cm³/mol. The summed E-state index contributed by atoms with van der Waals surface area (Å²) in [7, 11) is 3.55. The maximum Gasteiger partial charge on any atom is 0.257 e. The highest BCUT2D eigenvalue weighted by atomic mass is 16.2. The van der Waals surface area contributed by atoms with E-state index in [0.29, 0.717) is 35.8 Å². The zero-order chi connectivity index (χ0) is 42.7. The van der Waals surface area contributed by atoms with E-state index in [1.54, 1.807) is 23.9 Å². The first-order valence-electron chi connectivity index (χ1n) is 24.2. The molecule has 2 amide bonds. The lowest BCUT2D eigenvalue weighted by atomic mass is 9.74. The van der Waals surface area contributed by atoms with Crippen LogP contribution in [0.15, 0.2) is 58.9 Å². The number of pyridine rings is 2. The maximum atomic E-state index is 13.3. The van der Waals surface area contributed by atoms with Crippen LogP contribution in [-0.4, -0.2) is 80.8 Å². The molecule has 2 aromatic rings. The van der Waals surface area contributed by atoms with Crippen LogP contribution in [0, 0.1) is 23.7 Å². The van der Waals surface area contributed by atoms with Crippen molar-refractivity contribution in [3.8, 4) is 0 Å². The Morgan fingerprint density at radius 2 is 1.18 bits per heavy atom. The van der Waals surface area contributed by atoms with Gasteiger partial charge in [-0.2, -0.15) is 0 Å². The monoisotopic (exact) mass is 837 g/mol. The van der Waals surface area contributed by atoms with Gasteiger partial charge < -0.3 is 22.1 Å². The molecule has 12 heteroatoms. The number of guanidine groups is 2. The van der Waals surface area contributed by atoms with E-state index in [9.17, 15) is 9.59 Å². The summed E-state index contributed by atoms with van der Waals surface area (Å²) in [5.74, 6) is 4.45. The molecule has 4 fully saturated rings. The number of aliphatic imine (C=N–C) groups is 2. The van der Waals surface area contributed by atoms with Gasteiger partial charge in [0.2, 0.25) is 0 Å². The van der Waals surface area contributed by atoms with Crippen LogP contribution in [0.3, 0.4) is 0 Å². The molecule has 6 atom stereocenters. The minimum Gasteiger partial charge on any atom is -0.369 e. The van der Waals surface area contributed by atoms with Crippen molar-refractivity contribution in [2.24, 2.45) is 45.1 Å². The van der Waals surface area contributed by atoms with Crippen LogP contribution >= 0.6 is 0 Å². The summed E-state index contributed by atoms with van der Waals surface area (Å²) in [5.41, 5.74) is 12.2. The fourth-order valence-corrected chi connectivity index (χ4v) is 11.8. The van der Waals surface area contributed by atoms with Crippen LogP contribution in [-0.2, 0) is 16.1 Å². The summed E-state index contributed by atoms with van der Waals surface area (Å²) in [5, 5.41) is 7.32. The molecule has 4 saturated carbocycles. The van der Waals surface area contributed by atoms with Crippen molar-refractivity contribution >= 4 is 29.6 Å². The fourth-order valence-electron chi connectivity index (χ4n) is 11.8. The second kappa shape index (κ2) is 21.3. The Hall–Kier alpha value is -4.06. The quantitative estimate of drug-likeness (QED) is 0.139. The third-order valence-corrected chi connectivity index (χ3v) is 15.3. The lowest BCUT2D eigenvalue weighted by Crippen LogP contribution is -2.44. The number of aromatic nitrogens is 2. The topological polar surface area (TPSA) is 167 Å². The van der Waals surface area contributed by atoms with Crippen LogP contribution in [0.4, 0.5) is 5.82 Å². The standard InChI is InChI=1S/C25H39N5O.C24H37N5O/c1-30-23(31)25(29-24(30)26,13-12-19-7-3-2-4-8-19)16-20-9-5-11-22(15-20)28-18-21-10-6-14-27-17-21;1-29-22(30)24(28-23(29)25,14-13-18-8-3-2-4-9-18)17-19-10-7-11-20(16-19)27-21-12-5-6-15-26-21/h6,10,14,17,19-20,22,28H,2-5,7-9,11-13,15-16,18H2,1H3,(H2,26,29);5-6,12,15,18-20H,2-4,7-11,13-14,16-17H2,1H3,(H2,25,28)(H,26,27)/t20-,22+,25+;19-,20?,24+/m00/s1. The van der Waals surface area contributed by atoms with Gasteiger partial charge >= 0.3 is 0 Å². The fraction of sp³-hybridized carbons (Fsp3) is 0.714. The van der Waals surface area contributed by atoms with Crippen LogP contribution in [0.25, 0.3) is 0 Å². The van der Waals surface area contributed by atoms with E-state index in [1.165, 1.54) is 95.5 Å². The third-order valence-electron chi connectivity index (χ3n) is 15.3. The van der Waals surface area contributed by atoms with Crippen molar-refractivity contribution in [2.75, 3.05) is 19.4 Å². The first kappa shape index (κ1) is 45.0. The highest BCUT2D eigenvalue weighted by Gasteiger charge is 2.49. The number of nitrogens with two attached hydrogens (primary N) is 2. The van der Waals surface area contributed by atoms with Crippen LogP contribution in [0.5, 0.6) is 0 Å². The van der Waals surface area contributed by atoms with Crippen molar-refractivity contribution in [3.05, 3.63) is 54.5 Å². The van der Waals surface area contributed by atoms with E-state index in [2.05, 4.69) is 26.7 Å². The van der Waals surface area contributed by atoms with Gasteiger partial charge in [-0.05, 0) is 112 Å². The Morgan fingerprint density at radius 3 is 1.67 bits per heavy atom. The number of carbonyl (C=O) groups is 2. The van der Waals surface area contributed by atoms with Gasteiger partial charge in [-0.3, -0.25) is 24.4 Å². The molecule has 0 saturated heterocycles. The highest BCUT2D eigenvalue weighted by Crippen LogP contribution is 2.42. The van der Waals surface area contributed by atoms with Crippen LogP contribution in [0.2, 0.25) is 0 Å². The van der Waals surface area contributed by atoms with E-state index in [-0.39, 0.29) is 11.8 Å². The van der Waals surface area contributed by atoms with Crippen molar-refractivity contribution in [2.45, 2.75) is 184 Å². The number of likely N-dealkylation sites (N-methyl/N-ethyl adjacent to an activating group) is 2. The number of hydrogen-bond acceptors (Lipinski definition) is 10. The van der Waals surface area contributed by atoms with E-state index >= 15 is 0 Å². The maximum absolute atomic E-state index is 13.3. The highest BCUT2D eigenvalue weighted by molar-refractivity contribution is 6.07. The Labute approximate surface area is 366 Å². The molecule has 334 valence electrons. The van der Waals surface area contributed by atoms with Gasteiger partial charge in [0.1, 0.15) is 16.9 Å². The molecule has 4 heterocycles. The molecule has 12 nitrogen and oxygen atoms in total. The second-order valence-corrected chi connectivity index (χ2v) is 19.8. The number of carbonyl (C=O) groups excluding carboxylic acids is 2. The molecule has 0 aromatic carbocycles. The first-order valence-corrected chi connectivity index (χ1v) is 24.2. The lowest BCUT2D eigenvalue weighted by molar-refractivity contribution is -0.132. The summed E-state index contributed by atoms with van der Waals surface area (Å²) < 4.78 is 0. The Morgan fingerprint density at radius 1 is 0.639 bits per heavy atom. The van der Waals surface area contributed by atoms with Crippen LogP contribution < -0.4 is 22.1 Å². The number of hydrogen-bond donors (Lipinski definition) is 4. The number of nitrogens with zero attached hydrogens (tertiary/aromatic N) is 6. The summed E-state index contributed by atoms with van der Waals surface area (Å²) in [6.07, 6.45) is 33.7. The normalized spacial score (nSPS) is 30.1. The van der Waals surface area contributed by atoms with Gasteiger partial charge in [-0.1, -0.05) is 102 Å². The van der Waals surface area contributed by atoms with Crippen molar-refractivity contribution < 1.29 is 9.59 Å². The number of amides is 2. The molecule has 0 radical (unpaired) electrons. The van der Waals surface area contributed by atoms with E-state index in [4.69, 9.17) is 21.5 Å². The molecular weight excluding hydrogens is 761 g/mol. The Kier molecular flexibility index (Phi) is 15.7. The van der Waals surface area contributed by atoms with Gasteiger partial charge in [-0.15, -0.1) is 0 Å². The molecule has 6 N–H and O–H groups in total. The molecule has 1 unspecified atom stereocenters. The molecule has 2 aromatic heterocycles. The van der Waals surface area contributed by atoms with Crippen LogP contribution in [0.1, 0.15) is 160 Å². The van der Waals surface area contributed by atoms with Gasteiger partial charge in [0.15, 0.2) is 11.9 Å². The van der Waals surface area contributed by atoms with Gasteiger partial charge in [0, 0.05) is 51.3 Å². The Balaban J connectivity index is 0.000000184. The van der Waals surface area contributed by atoms with Crippen molar-refractivity contribution in [3.63, 3.8) is 0 Å². The summed E-state index contributed by atoms with van der Waals surface area (Å²) in [4.78, 5) is 48.0. The first-order chi connectivity index (χ1) is 29.6. The zero-order valence-electron chi connectivity index (χ0n) is 37.4. The molecule has 2 aliphatic heterocycles. The van der Waals surface area contributed by atoms with Gasteiger partial charge in [0.25, 0.3) is 11.8 Å². The van der Waals surface area contributed by atoms with E-state index in [1.807, 2.05) is 42.9 Å². The second-order valence-electron chi connectivity index (χ2n) is 19.8. The molecule has 61 heavy (non-hydrogen) atoms. The molecular formula is C49H76N10O2.